The summed E-state index contributed by atoms with van der Waals surface area (Å²) < 4.78 is 0. The van der Waals surface area contributed by atoms with Crippen LogP contribution < -0.4 is 5.73 Å². The van der Waals surface area contributed by atoms with E-state index in [4.69, 9.17) is 5.73 Å². The van der Waals surface area contributed by atoms with Gasteiger partial charge in [-0.25, -0.2) is 4.98 Å². The maximum atomic E-state index is 5.24. The van der Waals surface area contributed by atoms with Crippen molar-refractivity contribution in [2.45, 2.75) is 6.54 Å². The van der Waals surface area contributed by atoms with Crippen molar-refractivity contribution in [3.8, 4) is 0 Å². The maximum Gasteiger partial charge on any atom is 0.106 e. The molecule has 0 fully saturated rings. The Balaban J connectivity index is 0.000000490. The average molecular weight is 195 g/mol. The molecule has 0 atom stereocenters. The van der Waals surface area contributed by atoms with Crippen LogP contribution >= 0.6 is 28.3 Å². The Morgan fingerprint density at radius 1 is 1.75 bits per heavy atom. The van der Waals surface area contributed by atoms with E-state index in [1.165, 1.54) is 0 Å². The lowest BCUT2D eigenvalue weighted by Gasteiger charge is -1.78. The van der Waals surface area contributed by atoms with Gasteiger partial charge >= 0.3 is 0 Å². The van der Waals surface area contributed by atoms with E-state index in [9.17, 15) is 0 Å². The highest BCUT2D eigenvalue weighted by Crippen LogP contribution is 2.00. The number of aromatic nitrogens is 1. The summed E-state index contributed by atoms with van der Waals surface area (Å²) in [4.78, 5) is 3.93. The molecule has 0 aliphatic heterocycles. The van der Waals surface area contributed by atoms with Crippen LogP contribution in [0.3, 0.4) is 0 Å². The first-order valence-electron chi connectivity index (χ1n) is 2.02. The molecular formula is C4H7BrN2S. The zero-order valence-electron chi connectivity index (χ0n) is 4.20. The van der Waals surface area contributed by atoms with Crippen molar-refractivity contribution in [3.63, 3.8) is 0 Å². The van der Waals surface area contributed by atoms with Crippen molar-refractivity contribution >= 4 is 28.3 Å². The van der Waals surface area contributed by atoms with Crippen molar-refractivity contribution in [2.24, 2.45) is 5.73 Å². The molecule has 0 saturated carbocycles. The van der Waals surface area contributed by atoms with E-state index < -0.39 is 0 Å². The fourth-order valence-corrected chi connectivity index (χ4v) is 0.851. The fraction of sp³-hybridized carbons (Fsp3) is 0.250. The highest BCUT2D eigenvalue weighted by atomic mass is 79.9. The quantitative estimate of drug-likeness (QED) is 0.730. The van der Waals surface area contributed by atoms with Crippen LogP contribution in [0.1, 0.15) is 5.01 Å². The summed E-state index contributed by atoms with van der Waals surface area (Å²) in [5.74, 6) is 0. The van der Waals surface area contributed by atoms with Crippen LogP contribution in [0.4, 0.5) is 0 Å². The fourth-order valence-electron chi connectivity index (χ4n) is 0.354. The SMILES string of the molecule is Br.NCc1nccs1. The van der Waals surface area contributed by atoms with Gasteiger partial charge in [-0.2, -0.15) is 0 Å². The first kappa shape index (κ1) is 8.07. The predicted molar refractivity (Wildman–Crippen MR) is 40.3 cm³/mol. The number of hydrogen-bond acceptors (Lipinski definition) is 3. The second-order valence-corrected chi connectivity index (χ2v) is 2.11. The summed E-state index contributed by atoms with van der Waals surface area (Å²) in [6.45, 7) is 0.567. The summed E-state index contributed by atoms with van der Waals surface area (Å²) >= 11 is 1.59. The minimum absolute atomic E-state index is 0. The topological polar surface area (TPSA) is 38.9 Å². The molecule has 2 nitrogen and oxygen atoms in total. The van der Waals surface area contributed by atoms with Crippen molar-refractivity contribution in [1.82, 2.24) is 4.98 Å². The molecule has 8 heavy (non-hydrogen) atoms. The highest BCUT2D eigenvalue weighted by Gasteiger charge is 1.84. The molecule has 46 valence electrons. The Kier molecular flexibility index (Phi) is 4.03. The minimum Gasteiger partial charge on any atom is -0.325 e. The van der Waals surface area contributed by atoms with Crippen molar-refractivity contribution in [1.29, 1.82) is 0 Å². The van der Waals surface area contributed by atoms with Gasteiger partial charge in [-0.3, -0.25) is 0 Å². The molecule has 4 heteroatoms. The maximum absolute atomic E-state index is 5.24. The van der Waals surface area contributed by atoms with E-state index in [-0.39, 0.29) is 17.0 Å². The number of hydrogen-bond donors (Lipinski definition) is 1. The lowest BCUT2D eigenvalue weighted by Crippen LogP contribution is -1.93. The third kappa shape index (κ3) is 1.90. The van der Waals surface area contributed by atoms with Gasteiger partial charge in [0.1, 0.15) is 5.01 Å². The van der Waals surface area contributed by atoms with Crippen molar-refractivity contribution in [3.05, 3.63) is 16.6 Å². The molecule has 0 aliphatic carbocycles. The zero-order chi connectivity index (χ0) is 5.11. The van der Waals surface area contributed by atoms with Crippen LogP contribution in [-0.2, 0) is 6.54 Å². The van der Waals surface area contributed by atoms with Gasteiger partial charge in [0.25, 0.3) is 0 Å². The van der Waals surface area contributed by atoms with Crippen LogP contribution in [0.25, 0.3) is 0 Å². The minimum atomic E-state index is 0. The number of nitrogens with zero attached hydrogens (tertiary/aromatic N) is 1. The number of rotatable bonds is 1. The molecule has 1 aromatic rings. The number of thiazole rings is 1. The predicted octanol–water partition coefficient (Wildman–Crippen LogP) is 1.18. The Bertz CT molecular complexity index is 129. The third-order valence-corrected chi connectivity index (χ3v) is 1.46. The molecule has 2 N–H and O–H groups in total. The molecule has 0 aromatic carbocycles. The van der Waals surface area contributed by atoms with Crippen molar-refractivity contribution in [2.75, 3.05) is 0 Å². The van der Waals surface area contributed by atoms with Crippen LogP contribution in [0.2, 0.25) is 0 Å². The van der Waals surface area contributed by atoms with Gasteiger partial charge in [0.2, 0.25) is 0 Å². The summed E-state index contributed by atoms with van der Waals surface area (Å²) in [6, 6.07) is 0. The standard InChI is InChI=1S/C4H6N2S.BrH/c5-3-4-6-1-2-7-4;/h1-2H,3,5H2;1H. The molecule has 1 aromatic heterocycles. The smallest absolute Gasteiger partial charge is 0.106 e. The van der Waals surface area contributed by atoms with Crippen LogP contribution in [0.5, 0.6) is 0 Å². The van der Waals surface area contributed by atoms with Gasteiger partial charge in [0, 0.05) is 18.1 Å². The molecule has 0 spiro atoms. The highest BCUT2D eigenvalue weighted by molar-refractivity contribution is 8.93. The molecule has 0 amide bonds. The van der Waals surface area contributed by atoms with E-state index in [2.05, 4.69) is 4.98 Å². The second kappa shape index (κ2) is 4.00. The number of halogens is 1. The van der Waals surface area contributed by atoms with Gasteiger partial charge in [-0.05, 0) is 0 Å². The molecule has 0 unspecified atom stereocenters. The van der Waals surface area contributed by atoms with Crippen LogP contribution in [0.15, 0.2) is 11.6 Å². The zero-order valence-corrected chi connectivity index (χ0v) is 6.73. The summed E-state index contributed by atoms with van der Waals surface area (Å²) in [6.07, 6.45) is 1.76. The first-order chi connectivity index (χ1) is 3.43. The van der Waals surface area contributed by atoms with Crippen LogP contribution in [0, 0.1) is 0 Å². The lowest BCUT2D eigenvalue weighted by molar-refractivity contribution is 1.04. The molecule has 0 radical (unpaired) electrons. The summed E-state index contributed by atoms with van der Waals surface area (Å²) in [5.41, 5.74) is 5.24. The average Bonchev–Trinajstić information content (AvgIpc) is 2.14. The second-order valence-electron chi connectivity index (χ2n) is 1.13. The van der Waals surface area contributed by atoms with E-state index in [0.717, 1.165) is 5.01 Å². The van der Waals surface area contributed by atoms with Gasteiger partial charge in [0.05, 0.1) is 0 Å². The summed E-state index contributed by atoms with van der Waals surface area (Å²) in [5, 5.41) is 2.92. The van der Waals surface area contributed by atoms with Gasteiger partial charge in [-0.15, -0.1) is 28.3 Å². The Morgan fingerprint density at radius 3 is 2.75 bits per heavy atom. The molecule has 0 saturated heterocycles. The van der Waals surface area contributed by atoms with E-state index in [1.807, 2.05) is 5.38 Å². The van der Waals surface area contributed by atoms with Crippen molar-refractivity contribution < 1.29 is 0 Å². The molecule has 1 heterocycles. The molecule has 1 rings (SSSR count). The molecular weight excluding hydrogens is 188 g/mol. The van der Waals surface area contributed by atoms with Crippen LogP contribution in [-0.4, -0.2) is 4.98 Å². The lowest BCUT2D eigenvalue weighted by atomic mass is 10.7. The molecule has 0 bridgehead atoms. The Labute approximate surface area is 62.5 Å². The first-order valence-corrected chi connectivity index (χ1v) is 2.90. The normalized spacial score (nSPS) is 8.12. The Hall–Kier alpha value is 0.0700. The van der Waals surface area contributed by atoms with Gasteiger partial charge in [0.15, 0.2) is 0 Å². The van der Waals surface area contributed by atoms with Gasteiger partial charge < -0.3 is 5.73 Å². The molecule has 0 aliphatic rings. The Morgan fingerprint density at radius 2 is 2.50 bits per heavy atom. The monoisotopic (exact) mass is 194 g/mol. The third-order valence-electron chi connectivity index (χ3n) is 0.658. The number of nitrogens with two attached hydrogens (primary N) is 1. The largest absolute Gasteiger partial charge is 0.325 e. The van der Waals surface area contributed by atoms with E-state index >= 15 is 0 Å². The van der Waals surface area contributed by atoms with E-state index in [1.54, 1.807) is 17.5 Å². The van der Waals surface area contributed by atoms with E-state index in [0.29, 0.717) is 6.54 Å². The summed E-state index contributed by atoms with van der Waals surface area (Å²) in [7, 11) is 0. The van der Waals surface area contributed by atoms with Gasteiger partial charge in [-0.1, -0.05) is 0 Å².